The zero-order chi connectivity index (χ0) is 21.4. The van der Waals surface area contributed by atoms with Crippen LogP contribution in [0.15, 0.2) is 41.5 Å². The van der Waals surface area contributed by atoms with Crippen molar-refractivity contribution in [2.75, 3.05) is 19.0 Å². The SMILES string of the molecule is COc1cc(/C=N\NC(=O)C(=O)Nc2c(C)cccc2C)ccc1OCC(=O)[O-]. The summed E-state index contributed by atoms with van der Waals surface area (Å²) in [7, 11) is 1.39. The number of anilines is 1. The summed E-state index contributed by atoms with van der Waals surface area (Å²) in [5, 5.41) is 16.8. The van der Waals surface area contributed by atoms with E-state index in [0.717, 1.165) is 11.1 Å². The van der Waals surface area contributed by atoms with Crippen molar-refractivity contribution in [3.05, 3.63) is 53.1 Å². The average Bonchev–Trinajstić information content (AvgIpc) is 2.69. The highest BCUT2D eigenvalue weighted by Gasteiger charge is 2.15. The highest BCUT2D eigenvalue weighted by Crippen LogP contribution is 2.27. The Kier molecular flexibility index (Phi) is 7.30. The topological polar surface area (TPSA) is 129 Å². The summed E-state index contributed by atoms with van der Waals surface area (Å²) >= 11 is 0. The van der Waals surface area contributed by atoms with Gasteiger partial charge in [0, 0.05) is 5.69 Å². The molecule has 0 saturated heterocycles. The van der Waals surface area contributed by atoms with Crippen LogP contribution >= 0.6 is 0 Å². The maximum absolute atomic E-state index is 12.0. The molecular formula is C20H20N3O6-. The van der Waals surface area contributed by atoms with Crippen LogP contribution in [-0.2, 0) is 14.4 Å². The van der Waals surface area contributed by atoms with Crippen LogP contribution in [-0.4, -0.2) is 37.7 Å². The molecule has 2 rings (SSSR count). The quantitative estimate of drug-likeness (QED) is 0.398. The third kappa shape index (κ3) is 6.06. The van der Waals surface area contributed by atoms with Gasteiger partial charge in [-0.3, -0.25) is 9.59 Å². The monoisotopic (exact) mass is 398 g/mol. The van der Waals surface area contributed by atoms with Crippen molar-refractivity contribution in [2.24, 2.45) is 5.10 Å². The van der Waals surface area contributed by atoms with E-state index in [1.54, 1.807) is 6.07 Å². The fourth-order valence-corrected chi connectivity index (χ4v) is 2.42. The maximum Gasteiger partial charge on any atom is 0.329 e. The number of hydrogen-bond donors (Lipinski definition) is 2. The van der Waals surface area contributed by atoms with Gasteiger partial charge in [-0.1, -0.05) is 18.2 Å². The lowest BCUT2D eigenvalue weighted by molar-refractivity contribution is -0.307. The van der Waals surface area contributed by atoms with Gasteiger partial charge in [-0.25, -0.2) is 5.43 Å². The van der Waals surface area contributed by atoms with Crippen molar-refractivity contribution in [2.45, 2.75) is 13.8 Å². The van der Waals surface area contributed by atoms with Gasteiger partial charge in [0.15, 0.2) is 11.5 Å². The Morgan fingerprint density at radius 2 is 1.76 bits per heavy atom. The molecular weight excluding hydrogens is 378 g/mol. The van der Waals surface area contributed by atoms with Crippen LogP contribution in [0.1, 0.15) is 16.7 Å². The first-order valence-electron chi connectivity index (χ1n) is 8.53. The minimum Gasteiger partial charge on any atom is -0.546 e. The van der Waals surface area contributed by atoms with Crippen LogP contribution in [0.25, 0.3) is 0 Å². The minimum atomic E-state index is -1.36. The standard InChI is InChI=1S/C20H21N3O6/c1-12-5-4-6-13(2)18(12)22-19(26)20(27)23-21-10-14-7-8-15(16(9-14)28-3)29-11-17(24)25/h4-10H,11H2,1-3H3,(H,22,26)(H,23,27)(H,24,25)/p-1/b21-10-. The molecule has 0 atom stereocenters. The van der Waals surface area contributed by atoms with Crippen LogP contribution in [0.5, 0.6) is 11.5 Å². The third-order valence-corrected chi connectivity index (χ3v) is 3.84. The molecule has 0 fully saturated rings. The second kappa shape index (κ2) is 9.88. The Balaban J connectivity index is 1.98. The van der Waals surface area contributed by atoms with E-state index in [2.05, 4.69) is 15.8 Å². The number of amides is 2. The molecule has 0 aliphatic rings. The van der Waals surface area contributed by atoms with Gasteiger partial charge >= 0.3 is 11.8 Å². The van der Waals surface area contributed by atoms with E-state index >= 15 is 0 Å². The number of aryl methyl sites for hydroxylation is 2. The Labute approximate surface area is 167 Å². The number of hydrogen-bond acceptors (Lipinski definition) is 7. The summed E-state index contributed by atoms with van der Waals surface area (Å²) < 4.78 is 10.2. The highest BCUT2D eigenvalue weighted by molar-refractivity contribution is 6.39. The molecule has 2 aromatic rings. The number of carbonyl (C=O) groups is 3. The van der Waals surface area contributed by atoms with Gasteiger partial charge in [-0.15, -0.1) is 0 Å². The normalized spacial score (nSPS) is 10.4. The molecule has 0 bridgehead atoms. The summed E-state index contributed by atoms with van der Waals surface area (Å²) in [6.45, 7) is 3.04. The first kappa shape index (κ1) is 21.4. The van der Waals surface area contributed by atoms with E-state index < -0.39 is 24.4 Å². The van der Waals surface area contributed by atoms with E-state index in [1.165, 1.54) is 25.5 Å². The van der Waals surface area contributed by atoms with Crippen LogP contribution in [0, 0.1) is 13.8 Å². The molecule has 0 saturated carbocycles. The van der Waals surface area contributed by atoms with Crippen LogP contribution in [0.2, 0.25) is 0 Å². The maximum atomic E-state index is 12.0. The number of carbonyl (C=O) groups excluding carboxylic acids is 3. The van der Waals surface area contributed by atoms with Gasteiger partial charge in [-0.2, -0.15) is 5.10 Å². The molecule has 0 spiro atoms. The summed E-state index contributed by atoms with van der Waals surface area (Å²) in [6.07, 6.45) is 1.30. The summed E-state index contributed by atoms with van der Waals surface area (Å²) in [5.74, 6) is -2.65. The lowest BCUT2D eigenvalue weighted by Crippen LogP contribution is -2.32. The van der Waals surface area contributed by atoms with Gasteiger partial charge in [0.2, 0.25) is 0 Å². The van der Waals surface area contributed by atoms with E-state index in [9.17, 15) is 19.5 Å². The van der Waals surface area contributed by atoms with Crippen molar-refractivity contribution in [1.82, 2.24) is 5.43 Å². The van der Waals surface area contributed by atoms with Crippen molar-refractivity contribution in [3.8, 4) is 11.5 Å². The molecule has 0 heterocycles. The average molecular weight is 398 g/mol. The van der Waals surface area contributed by atoms with Gasteiger partial charge in [0.05, 0.1) is 19.3 Å². The molecule has 0 aliphatic carbocycles. The molecule has 9 heteroatoms. The number of aliphatic carboxylic acids is 1. The fourth-order valence-electron chi connectivity index (χ4n) is 2.42. The minimum absolute atomic E-state index is 0.214. The number of benzene rings is 2. The van der Waals surface area contributed by atoms with E-state index in [-0.39, 0.29) is 11.5 Å². The second-order valence-electron chi connectivity index (χ2n) is 5.99. The van der Waals surface area contributed by atoms with E-state index in [4.69, 9.17) is 9.47 Å². The lowest BCUT2D eigenvalue weighted by Gasteiger charge is -2.11. The number of hydrazone groups is 1. The van der Waals surface area contributed by atoms with Crippen LogP contribution in [0.4, 0.5) is 5.69 Å². The van der Waals surface area contributed by atoms with Crippen LogP contribution in [0.3, 0.4) is 0 Å². The van der Waals surface area contributed by atoms with Crippen molar-refractivity contribution < 1.29 is 29.0 Å². The Morgan fingerprint density at radius 3 is 2.38 bits per heavy atom. The molecule has 0 aliphatic heterocycles. The number of nitrogens with zero attached hydrogens (tertiary/aromatic N) is 1. The molecule has 0 aromatic heterocycles. The first-order chi connectivity index (χ1) is 13.8. The molecule has 152 valence electrons. The number of carboxylic acids is 1. The number of carboxylic acid groups (broad SMARTS) is 1. The van der Waals surface area contributed by atoms with Gasteiger partial charge in [-0.05, 0) is 48.7 Å². The van der Waals surface area contributed by atoms with E-state index in [1.807, 2.05) is 32.0 Å². The largest absolute Gasteiger partial charge is 0.546 e. The van der Waals surface area contributed by atoms with Gasteiger partial charge in [0.25, 0.3) is 0 Å². The Hall–Kier alpha value is -3.88. The van der Waals surface area contributed by atoms with Crippen molar-refractivity contribution in [1.29, 1.82) is 0 Å². The van der Waals surface area contributed by atoms with Gasteiger partial charge in [0.1, 0.15) is 6.61 Å². The lowest BCUT2D eigenvalue weighted by atomic mass is 10.1. The molecule has 0 unspecified atom stereocenters. The van der Waals surface area contributed by atoms with Crippen LogP contribution < -0.4 is 25.3 Å². The zero-order valence-electron chi connectivity index (χ0n) is 16.1. The Bertz CT molecular complexity index is 935. The zero-order valence-corrected chi connectivity index (χ0v) is 16.1. The predicted octanol–water partition coefficient (Wildman–Crippen LogP) is 0.530. The summed E-state index contributed by atoms with van der Waals surface area (Å²) in [5.41, 5.74) is 4.92. The highest BCUT2D eigenvalue weighted by atomic mass is 16.5. The van der Waals surface area contributed by atoms with Crippen molar-refractivity contribution in [3.63, 3.8) is 0 Å². The number of rotatable bonds is 7. The second-order valence-corrected chi connectivity index (χ2v) is 5.99. The third-order valence-electron chi connectivity index (χ3n) is 3.84. The number of para-hydroxylation sites is 1. The van der Waals surface area contributed by atoms with Gasteiger partial charge < -0.3 is 24.7 Å². The number of nitrogens with one attached hydrogen (secondary N) is 2. The number of methoxy groups -OCH3 is 1. The molecule has 29 heavy (non-hydrogen) atoms. The number of ether oxygens (including phenoxy) is 2. The molecule has 2 aromatic carbocycles. The summed E-state index contributed by atoms with van der Waals surface area (Å²) in [6, 6.07) is 10.1. The van der Waals surface area contributed by atoms with Crippen molar-refractivity contribution >= 4 is 29.7 Å². The molecule has 2 N–H and O–H groups in total. The molecule has 9 nitrogen and oxygen atoms in total. The molecule has 2 amide bonds. The predicted molar refractivity (Wildman–Crippen MR) is 104 cm³/mol. The smallest absolute Gasteiger partial charge is 0.329 e. The Morgan fingerprint density at radius 1 is 1.07 bits per heavy atom. The molecule has 0 radical (unpaired) electrons. The van der Waals surface area contributed by atoms with E-state index in [0.29, 0.717) is 11.3 Å². The first-order valence-corrected chi connectivity index (χ1v) is 8.53. The summed E-state index contributed by atoms with van der Waals surface area (Å²) in [4.78, 5) is 34.5. The fraction of sp³-hybridized carbons (Fsp3) is 0.200.